The largest absolute Gasteiger partial charge is 0.508 e. The summed E-state index contributed by atoms with van der Waals surface area (Å²) in [5, 5.41) is 9.55. The van der Waals surface area contributed by atoms with Crippen LogP contribution in [0.25, 0.3) is 0 Å². The van der Waals surface area contributed by atoms with Gasteiger partial charge in [-0.2, -0.15) is 0 Å². The molecule has 0 fully saturated rings. The Morgan fingerprint density at radius 1 is 0.957 bits per heavy atom. The van der Waals surface area contributed by atoms with E-state index in [0.717, 1.165) is 29.0 Å². The van der Waals surface area contributed by atoms with Crippen LogP contribution in [0.1, 0.15) is 17.0 Å². The molecule has 1 N–H and O–H groups in total. The normalized spacial score (nSPS) is 16.2. The Morgan fingerprint density at radius 3 is 2.35 bits per heavy atom. The van der Waals surface area contributed by atoms with Gasteiger partial charge in [0.2, 0.25) is 0 Å². The molecule has 1 aliphatic heterocycles. The van der Waals surface area contributed by atoms with Gasteiger partial charge in [0, 0.05) is 23.6 Å². The fourth-order valence-electron chi connectivity index (χ4n) is 2.93. The molecule has 1 heterocycles. The molecule has 23 heavy (non-hydrogen) atoms. The quantitative estimate of drug-likeness (QED) is 0.939. The van der Waals surface area contributed by atoms with Crippen LogP contribution >= 0.6 is 0 Å². The number of ether oxygens (including phenoxy) is 4. The molecular formula is C18H20O5. The zero-order valence-corrected chi connectivity index (χ0v) is 13.5. The van der Waals surface area contributed by atoms with E-state index in [1.54, 1.807) is 33.5 Å². The molecule has 0 amide bonds. The zero-order valence-electron chi connectivity index (χ0n) is 13.5. The van der Waals surface area contributed by atoms with Crippen molar-refractivity contribution in [3.63, 3.8) is 0 Å². The topological polar surface area (TPSA) is 57.2 Å². The van der Waals surface area contributed by atoms with Crippen LogP contribution in [0, 0.1) is 0 Å². The Morgan fingerprint density at radius 2 is 1.65 bits per heavy atom. The van der Waals surface area contributed by atoms with Crippen molar-refractivity contribution in [3.05, 3.63) is 41.5 Å². The molecule has 2 aromatic rings. The predicted molar refractivity (Wildman–Crippen MR) is 86.1 cm³/mol. The third kappa shape index (κ3) is 2.86. The van der Waals surface area contributed by atoms with Crippen LogP contribution < -0.4 is 18.9 Å². The summed E-state index contributed by atoms with van der Waals surface area (Å²) in [6.07, 6.45) is 0.807. The monoisotopic (exact) mass is 316 g/mol. The second-order valence-electron chi connectivity index (χ2n) is 5.45. The van der Waals surface area contributed by atoms with E-state index in [4.69, 9.17) is 18.9 Å². The highest BCUT2D eigenvalue weighted by Gasteiger charge is 2.26. The first kappa shape index (κ1) is 15.3. The van der Waals surface area contributed by atoms with E-state index in [0.29, 0.717) is 18.1 Å². The van der Waals surface area contributed by atoms with Crippen molar-refractivity contribution >= 4 is 0 Å². The van der Waals surface area contributed by atoms with Crippen molar-refractivity contribution in [1.82, 2.24) is 0 Å². The summed E-state index contributed by atoms with van der Waals surface area (Å²) in [5.41, 5.74) is 2.08. The lowest BCUT2D eigenvalue weighted by molar-refractivity contribution is 0.257. The zero-order chi connectivity index (χ0) is 16.4. The van der Waals surface area contributed by atoms with Crippen molar-refractivity contribution in [2.75, 3.05) is 27.9 Å². The maximum Gasteiger partial charge on any atom is 0.164 e. The van der Waals surface area contributed by atoms with Gasteiger partial charge in [-0.1, -0.05) is 6.07 Å². The van der Waals surface area contributed by atoms with Crippen molar-refractivity contribution < 1.29 is 24.1 Å². The Bertz CT molecular complexity index is 711. The van der Waals surface area contributed by atoms with Gasteiger partial charge in [0.05, 0.1) is 27.9 Å². The second kappa shape index (κ2) is 6.28. The van der Waals surface area contributed by atoms with Gasteiger partial charge in [-0.15, -0.1) is 0 Å². The first-order valence-corrected chi connectivity index (χ1v) is 7.40. The van der Waals surface area contributed by atoms with Gasteiger partial charge in [0.1, 0.15) is 17.2 Å². The van der Waals surface area contributed by atoms with E-state index < -0.39 is 0 Å². The number of fused-ring (bicyclic) bond motifs is 1. The minimum atomic E-state index is 0.141. The molecule has 5 heteroatoms. The molecule has 0 saturated carbocycles. The van der Waals surface area contributed by atoms with Crippen LogP contribution in [0.15, 0.2) is 30.3 Å². The lowest BCUT2D eigenvalue weighted by Crippen LogP contribution is -2.19. The average Bonchev–Trinajstić information content (AvgIpc) is 2.59. The number of hydrogen-bond acceptors (Lipinski definition) is 5. The van der Waals surface area contributed by atoms with Gasteiger partial charge in [-0.3, -0.25) is 0 Å². The molecule has 2 aromatic carbocycles. The summed E-state index contributed by atoms with van der Waals surface area (Å²) in [7, 11) is 4.85. The molecule has 0 spiro atoms. The summed E-state index contributed by atoms with van der Waals surface area (Å²) in [6.45, 7) is 0.516. The Kier molecular flexibility index (Phi) is 4.19. The molecule has 1 atom stereocenters. The van der Waals surface area contributed by atoms with Crippen LogP contribution in [0.2, 0.25) is 0 Å². The molecule has 0 aliphatic carbocycles. The number of benzene rings is 2. The molecular weight excluding hydrogens is 296 g/mol. The molecule has 3 rings (SSSR count). The molecule has 0 radical (unpaired) electrons. The highest BCUT2D eigenvalue weighted by Crippen LogP contribution is 2.42. The predicted octanol–water partition coefficient (Wildman–Crippen LogP) is 3.14. The molecule has 0 aromatic heterocycles. The summed E-state index contributed by atoms with van der Waals surface area (Å²) in [5.74, 6) is 3.14. The van der Waals surface area contributed by atoms with Gasteiger partial charge >= 0.3 is 0 Å². The molecule has 0 saturated heterocycles. The van der Waals surface area contributed by atoms with E-state index in [-0.39, 0.29) is 11.7 Å². The van der Waals surface area contributed by atoms with Gasteiger partial charge in [-0.05, 0) is 24.1 Å². The molecule has 122 valence electrons. The number of phenolic OH excluding ortho intramolecular Hbond substituents is 1. The molecule has 5 nitrogen and oxygen atoms in total. The van der Waals surface area contributed by atoms with Crippen LogP contribution in [-0.2, 0) is 6.42 Å². The van der Waals surface area contributed by atoms with E-state index in [1.807, 2.05) is 18.2 Å². The van der Waals surface area contributed by atoms with Crippen molar-refractivity contribution in [2.45, 2.75) is 12.3 Å². The van der Waals surface area contributed by atoms with Crippen LogP contribution in [0.4, 0.5) is 0 Å². The first-order valence-electron chi connectivity index (χ1n) is 7.40. The van der Waals surface area contributed by atoms with E-state index in [2.05, 4.69) is 0 Å². The summed E-state index contributed by atoms with van der Waals surface area (Å²) < 4.78 is 22.1. The Balaban J connectivity index is 1.97. The summed E-state index contributed by atoms with van der Waals surface area (Å²) in [4.78, 5) is 0. The fourth-order valence-corrected chi connectivity index (χ4v) is 2.93. The van der Waals surface area contributed by atoms with Crippen LogP contribution in [-0.4, -0.2) is 33.0 Å². The number of aromatic hydroxyl groups is 1. The van der Waals surface area contributed by atoms with Gasteiger partial charge < -0.3 is 24.1 Å². The van der Waals surface area contributed by atoms with E-state index in [9.17, 15) is 5.11 Å². The lowest BCUT2D eigenvalue weighted by atomic mass is 9.89. The van der Waals surface area contributed by atoms with E-state index in [1.165, 1.54) is 0 Å². The second-order valence-corrected chi connectivity index (χ2v) is 5.45. The lowest BCUT2D eigenvalue weighted by Gasteiger charge is -2.27. The fraction of sp³-hybridized carbons (Fsp3) is 0.333. The third-order valence-electron chi connectivity index (χ3n) is 4.13. The Hall–Kier alpha value is -2.56. The van der Waals surface area contributed by atoms with Gasteiger partial charge in [-0.25, -0.2) is 0 Å². The first-order chi connectivity index (χ1) is 11.2. The molecule has 0 bridgehead atoms. The SMILES string of the molecule is COc1cc(OC)c([C@@H]2COc3cc(O)ccc3C2)cc1OC. The Labute approximate surface area is 135 Å². The number of hydrogen-bond donors (Lipinski definition) is 1. The van der Waals surface area contributed by atoms with Crippen LogP contribution in [0.5, 0.6) is 28.7 Å². The maximum absolute atomic E-state index is 9.55. The molecule has 1 aliphatic rings. The van der Waals surface area contributed by atoms with Gasteiger partial charge in [0.25, 0.3) is 0 Å². The minimum Gasteiger partial charge on any atom is -0.508 e. The highest BCUT2D eigenvalue weighted by atomic mass is 16.5. The number of phenols is 1. The van der Waals surface area contributed by atoms with Crippen molar-refractivity contribution in [3.8, 4) is 28.7 Å². The smallest absolute Gasteiger partial charge is 0.164 e. The maximum atomic E-state index is 9.55. The van der Waals surface area contributed by atoms with E-state index >= 15 is 0 Å². The summed E-state index contributed by atoms with van der Waals surface area (Å²) in [6, 6.07) is 9.00. The highest BCUT2D eigenvalue weighted by molar-refractivity contribution is 5.53. The molecule has 0 unspecified atom stereocenters. The van der Waals surface area contributed by atoms with Crippen LogP contribution in [0.3, 0.4) is 0 Å². The number of methoxy groups -OCH3 is 3. The summed E-state index contributed by atoms with van der Waals surface area (Å²) >= 11 is 0. The van der Waals surface area contributed by atoms with Gasteiger partial charge in [0.15, 0.2) is 11.5 Å². The average molecular weight is 316 g/mol. The van der Waals surface area contributed by atoms with Crippen molar-refractivity contribution in [2.24, 2.45) is 0 Å². The minimum absolute atomic E-state index is 0.141. The standard InChI is InChI=1S/C18H20O5/c1-20-16-9-18(22-3)17(21-2)8-14(16)12-6-11-4-5-13(19)7-15(11)23-10-12/h4-5,7-9,12,19H,6,10H2,1-3H3/t12-/m0/s1. The third-order valence-corrected chi connectivity index (χ3v) is 4.13. The van der Waals surface area contributed by atoms with Crippen molar-refractivity contribution in [1.29, 1.82) is 0 Å². The number of rotatable bonds is 4.